The second-order valence-electron chi connectivity index (χ2n) is 3.93. The van der Waals surface area contributed by atoms with Crippen molar-refractivity contribution in [3.63, 3.8) is 0 Å². The molecule has 6 heteroatoms. The van der Waals surface area contributed by atoms with Gasteiger partial charge >= 0.3 is 5.97 Å². The summed E-state index contributed by atoms with van der Waals surface area (Å²) in [4.78, 5) is 20.3. The Labute approximate surface area is 113 Å². The third-order valence-corrected chi connectivity index (χ3v) is 4.18. The first kappa shape index (κ1) is 12.8. The molecule has 2 rings (SSSR count). The standard InChI is InChI=1S/C11H12BrClN2O2/c1-2-17-10(16)11(12,7-3-4-7)9-14-5-8(13)6-15-9/h5-7H,2-4H2,1H3. The highest BCUT2D eigenvalue weighted by Crippen LogP contribution is 2.51. The Morgan fingerprint density at radius 2 is 2.18 bits per heavy atom. The van der Waals surface area contributed by atoms with Gasteiger partial charge in [-0.1, -0.05) is 27.5 Å². The Morgan fingerprint density at radius 3 is 2.65 bits per heavy atom. The summed E-state index contributed by atoms with van der Waals surface area (Å²) >= 11 is 9.21. The molecule has 0 amide bonds. The van der Waals surface area contributed by atoms with Gasteiger partial charge < -0.3 is 4.74 Å². The first-order valence-corrected chi connectivity index (χ1v) is 6.60. The second kappa shape index (κ2) is 4.90. The molecule has 0 saturated heterocycles. The van der Waals surface area contributed by atoms with E-state index >= 15 is 0 Å². The van der Waals surface area contributed by atoms with Gasteiger partial charge in [-0.2, -0.15) is 0 Å². The number of alkyl halides is 1. The van der Waals surface area contributed by atoms with Crippen molar-refractivity contribution in [1.82, 2.24) is 9.97 Å². The normalized spacial score (nSPS) is 18.5. The van der Waals surface area contributed by atoms with Gasteiger partial charge in [0.25, 0.3) is 0 Å². The average Bonchev–Trinajstić information content (AvgIpc) is 3.13. The summed E-state index contributed by atoms with van der Waals surface area (Å²) in [6.07, 6.45) is 4.91. The molecule has 0 bridgehead atoms. The van der Waals surface area contributed by atoms with Crippen molar-refractivity contribution in [3.05, 3.63) is 23.2 Å². The van der Waals surface area contributed by atoms with Crippen LogP contribution in [-0.2, 0) is 13.9 Å². The highest BCUT2D eigenvalue weighted by atomic mass is 79.9. The maximum atomic E-state index is 12.0. The van der Waals surface area contributed by atoms with Crippen molar-refractivity contribution < 1.29 is 9.53 Å². The summed E-state index contributed by atoms with van der Waals surface area (Å²) in [6.45, 7) is 2.12. The van der Waals surface area contributed by atoms with E-state index in [4.69, 9.17) is 16.3 Å². The quantitative estimate of drug-likeness (QED) is 0.632. The zero-order valence-corrected chi connectivity index (χ0v) is 11.7. The number of hydrogen-bond acceptors (Lipinski definition) is 4. The fourth-order valence-corrected chi connectivity index (χ4v) is 2.53. The highest BCUT2D eigenvalue weighted by Gasteiger charge is 2.53. The van der Waals surface area contributed by atoms with Crippen LogP contribution in [0.3, 0.4) is 0 Å². The van der Waals surface area contributed by atoms with E-state index in [0.29, 0.717) is 17.5 Å². The van der Waals surface area contributed by atoms with E-state index in [2.05, 4.69) is 25.9 Å². The van der Waals surface area contributed by atoms with Crippen molar-refractivity contribution in [2.45, 2.75) is 24.1 Å². The summed E-state index contributed by atoms with van der Waals surface area (Å²) in [5, 5.41) is 0.447. The van der Waals surface area contributed by atoms with E-state index in [1.165, 1.54) is 12.4 Å². The molecule has 1 saturated carbocycles. The zero-order chi connectivity index (χ0) is 12.5. The van der Waals surface area contributed by atoms with Crippen LogP contribution in [0.5, 0.6) is 0 Å². The lowest BCUT2D eigenvalue weighted by Gasteiger charge is -2.23. The van der Waals surface area contributed by atoms with Crippen LogP contribution in [0.15, 0.2) is 12.4 Å². The van der Waals surface area contributed by atoms with Crippen LogP contribution < -0.4 is 0 Å². The van der Waals surface area contributed by atoms with E-state index < -0.39 is 4.32 Å². The molecule has 0 aromatic carbocycles. The Morgan fingerprint density at radius 1 is 1.59 bits per heavy atom. The number of carbonyl (C=O) groups excluding carboxylic acids is 1. The number of esters is 1. The summed E-state index contributed by atoms with van der Waals surface area (Å²) in [5.74, 6) is 0.287. The van der Waals surface area contributed by atoms with Gasteiger partial charge in [-0.3, -0.25) is 4.79 Å². The predicted molar refractivity (Wildman–Crippen MR) is 67.0 cm³/mol. The minimum atomic E-state index is -0.923. The van der Waals surface area contributed by atoms with E-state index in [9.17, 15) is 4.79 Å². The molecule has 1 aliphatic carbocycles. The van der Waals surface area contributed by atoms with Gasteiger partial charge in [-0.25, -0.2) is 9.97 Å². The Hall–Kier alpha value is -0.680. The minimum absolute atomic E-state index is 0.197. The van der Waals surface area contributed by atoms with Crippen LogP contribution in [0.2, 0.25) is 5.02 Å². The first-order valence-electron chi connectivity index (χ1n) is 5.43. The Balaban J connectivity index is 2.33. The molecular formula is C11H12BrClN2O2. The van der Waals surface area contributed by atoms with Crippen molar-refractivity contribution in [3.8, 4) is 0 Å². The molecule has 1 unspecified atom stereocenters. The van der Waals surface area contributed by atoms with E-state index in [-0.39, 0.29) is 11.9 Å². The molecule has 0 aliphatic heterocycles. The van der Waals surface area contributed by atoms with E-state index in [0.717, 1.165) is 12.8 Å². The topological polar surface area (TPSA) is 52.1 Å². The van der Waals surface area contributed by atoms with Crippen LogP contribution >= 0.6 is 27.5 Å². The molecule has 0 spiro atoms. The number of halogens is 2. The molecule has 4 nitrogen and oxygen atoms in total. The molecule has 17 heavy (non-hydrogen) atoms. The predicted octanol–water partition coefficient (Wildman–Crippen LogP) is 2.69. The summed E-state index contributed by atoms with van der Waals surface area (Å²) in [6, 6.07) is 0. The molecule has 1 aromatic rings. The lowest BCUT2D eigenvalue weighted by Crippen LogP contribution is -2.35. The van der Waals surface area contributed by atoms with Gasteiger partial charge in [0, 0.05) is 12.4 Å². The zero-order valence-electron chi connectivity index (χ0n) is 9.32. The Kier molecular flexibility index (Phi) is 3.68. The average molecular weight is 320 g/mol. The third-order valence-electron chi connectivity index (χ3n) is 2.66. The van der Waals surface area contributed by atoms with Crippen molar-refractivity contribution in [1.29, 1.82) is 0 Å². The molecular weight excluding hydrogens is 307 g/mol. The highest BCUT2D eigenvalue weighted by molar-refractivity contribution is 9.10. The lowest BCUT2D eigenvalue weighted by atomic mass is 10.0. The van der Waals surface area contributed by atoms with Crippen LogP contribution in [0.25, 0.3) is 0 Å². The smallest absolute Gasteiger partial charge is 0.331 e. The number of hydrogen-bond donors (Lipinski definition) is 0. The maximum absolute atomic E-state index is 12.0. The molecule has 0 radical (unpaired) electrons. The molecule has 92 valence electrons. The van der Waals surface area contributed by atoms with Gasteiger partial charge in [0.2, 0.25) is 0 Å². The lowest BCUT2D eigenvalue weighted by molar-refractivity contribution is -0.147. The van der Waals surface area contributed by atoms with Gasteiger partial charge in [0.1, 0.15) is 0 Å². The largest absolute Gasteiger partial charge is 0.465 e. The van der Waals surface area contributed by atoms with Gasteiger partial charge in [0.05, 0.1) is 11.6 Å². The van der Waals surface area contributed by atoms with Crippen molar-refractivity contribution in [2.75, 3.05) is 6.61 Å². The molecule has 0 N–H and O–H groups in total. The molecule has 1 heterocycles. The van der Waals surface area contributed by atoms with E-state index in [1.54, 1.807) is 6.92 Å². The fraction of sp³-hybridized carbons (Fsp3) is 0.545. The van der Waals surface area contributed by atoms with Gasteiger partial charge in [-0.05, 0) is 25.7 Å². The summed E-state index contributed by atoms with van der Waals surface area (Å²) < 4.78 is 4.17. The third kappa shape index (κ3) is 2.45. The van der Waals surface area contributed by atoms with Crippen LogP contribution in [0.1, 0.15) is 25.6 Å². The number of rotatable bonds is 4. The monoisotopic (exact) mass is 318 g/mol. The fourth-order valence-electron chi connectivity index (χ4n) is 1.66. The molecule has 1 atom stereocenters. The maximum Gasteiger partial charge on any atom is 0.331 e. The van der Waals surface area contributed by atoms with Gasteiger partial charge in [-0.15, -0.1) is 0 Å². The molecule has 1 aliphatic rings. The van der Waals surface area contributed by atoms with Crippen molar-refractivity contribution >= 4 is 33.5 Å². The van der Waals surface area contributed by atoms with E-state index in [1.807, 2.05) is 0 Å². The van der Waals surface area contributed by atoms with Crippen molar-refractivity contribution in [2.24, 2.45) is 5.92 Å². The number of nitrogens with zero attached hydrogens (tertiary/aromatic N) is 2. The summed E-state index contributed by atoms with van der Waals surface area (Å²) in [7, 11) is 0. The minimum Gasteiger partial charge on any atom is -0.465 e. The number of aromatic nitrogens is 2. The van der Waals surface area contributed by atoms with Gasteiger partial charge in [0.15, 0.2) is 10.1 Å². The Bertz CT molecular complexity index is 422. The molecule has 1 aromatic heterocycles. The first-order chi connectivity index (χ1) is 8.09. The number of carbonyl (C=O) groups is 1. The summed E-state index contributed by atoms with van der Waals surface area (Å²) in [5.41, 5.74) is 0. The number of ether oxygens (including phenoxy) is 1. The van der Waals surface area contributed by atoms with Crippen LogP contribution in [-0.4, -0.2) is 22.5 Å². The molecule has 1 fully saturated rings. The van der Waals surface area contributed by atoms with Crippen LogP contribution in [0.4, 0.5) is 0 Å². The van der Waals surface area contributed by atoms with Crippen LogP contribution in [0, 0.1) is 5.92 Å². The SMILES string of the molecule is CCOC(=O)C(Br)(c1ncc(Cl)cn1)C1CC1. The second-order valence-corrected chi connectivity index (χ2v) is 5.62.